The molecule has 3 unspecified atom stereocenters. The normalized spacial score (nSPS) is 26.2. The van der Waals surface area contributed by atoms with Crippen molar-refractivity contribution in [2.45, 2.75) is 58.1 Å². The van der Waals surface area contributed by atoms with Crippen LogP contribution < -0.4 is 10.6 Å². The van der Waals surface area contributed by atoms with E-state index < -0.39 is 0 Å². The summed E-state index contributed by atoms with van der Waals surface area (Å²) in [6.07, 6.45) is 4.98. The van der Waals surface area contributed by atoms with Gasteiger partial charge in [-0.15, -0.1) is 0 Å². The SMILES string of the molecule is Cc1ccc(C2OCCCC2NC(=O)CC(C)C2CCNCC2)cc1. The van der Waals surface area contributed by atoms with E-state index in [2.05, 4.69) is 48.7 Å². The second-order valence-electron chi connectivity index (χ2n) is 7.79. The average molecular weight is 344 g/mol. The minimum atomic E-state index is -0.0208. The summed E-state index contributed by atoms with van der Waals surface area (Å²) in [4.78, 5) is 12.6. The number of piperidine rings is 1. The smallest absolute Gasteiger partial charge is 0.220 e. The fraction of sp³-hybridized carbons (Fsp3) is 0.667. The van der Waals surface area contributed by atoms with Crippen LogP contribution in [0.5, 0.6) is 0 Å². The monoisotopic (exact) mass is 344 g/mol. The molecule has 4 nitrogen and oxygen atoms in total. The molecule has 0 aliphatic carbocycles. The van der Waals surface area contributed by atoms with Crippen molar-refractivity contribution in [2.75, 3.05) is 19.7 Å². The molecule has 0 aromatic heterocycles. The predicted molar refractivity (Wildman–Crippen MR) is 100 cm³/mol. The molecule has 25 heavy (non-hydrogen) atoms. The van der Waals surface area contributed by atoms with Gasteiger partial charge in [0.1, 0.15) is 6.10 Å². The van der Waals surface area contributed by atoms with Crippen LogP contribution in [-0.2, 0) is 9.53 Å². The molecule has 3 atom stereocenters. The van der Waals surface area contributed by atoms with Crippen LogP contribution in [0.1, 0.15) is 56.3 Å². The maximum atomic E-state index is 12.6. The fourth-order valence-electron chi connectivity index (χ4n) is 4.15. The first-order valence-corrected chi connectivity index (χ1v) is 9.81. The number of amides is 1. The molecule has 138 valence electrons. The molecule has 2 heterocycles. The zero-order valence-corrected chi connectivity index (χ0v) is 15.6. The van der Waals surface area contributed by atoms with Gasteiger partial charge in [-0.1, -0.05) is 36.8 Å². The highest BCUT2D eigenvalue weighted by Gasteiger charge is 2.30. The van der Waals surface area contributed by atoms with Gasteiger partial charge in [0.2, 0.25) is 5.91 Å². The van der Waals surface area contributed by atoms with E-state index in [0.717, 1.165) is 32.5 Å². The first kappa shape index (κ1) is 18.4. The fourth-order valence-corrected chi connectivity index (χ4v) is 4.15. The van der Waals surface area contributed by atoms with Gasteiger partial charge in [-0.25, -0.2) is 0 Å². The van der Waals surface area contributed by atoms with Gasteiger partial charge >= 0.3 is 0 Å². The zero-order valence-electron chi connectivity index (χ0n) is 15.6. The van der Waals surface area contributed by atoms with Crippen molar-refractivity contribution < 1.29 is 9.53 Å². The third-order valence-corrected chi connectivity index (χ3v) is 5.77. The Morgan fingerprint density at radius 2 is 1.96 bits per heavy atom. The number of carbonyl (C=O) groups excluding carboxylic acids is 1. The minimum absolute atomic E-state index is 0.0208. The van der Waals surface area contributed by atoms with E-state index >= 15 is 0 Å². The van der Waals surface area contributed by atoms with Crippen molar-refractivity contribution in [2.24, 2.45) is 11.8 Å². The number of nitrogens with one attached hydrogen (secondary N) is 2. The summed E-state index contributed by atoms with van der Waals surface area (Å²) in [6.45, 7) is 7.26. The molecular formula is C21H32N2O2. The van der Waals surface area contributed by atoms with E-state index in [1.807, 2.05) is 0 Å². The average Bonchev–Trinajstić information content (AvgIpc) is 2.63. The van der Waals surface area contributed by atoms with Crippen molar-refractivity contribution in [1.29, 1.82) is 0 Å². The molecular weight excluding hydrogens is 312 g/mol. The van der Waals surface area contributed by atoms with Crippen LogP contribution >= 0.6 is 0 Å². The number of ether oxygens (including phenoxy) is 1. The summed E-state index contributed by atoms with van der Waals surface area (Å²) >= 11 is 0. The van der Waals surface area contributed by atoms with Gasteiger partial charge in [-0.3, -0.25) is 4.79 Å². The Morgan fingerprint density at radius 1 is 1.24 bits per heavy atom. The number of hydrogen-bond acceptors (Lipinski definition) is 3. The highest BCUT2D eigenvalue weighted by atomic mass is 16.5. The molecule has 2 aliphatic heterocycles. The summed E-state index contributed by atoms with van der Waals surface area (Å²) in [7, 11) is 0. The predicted octanol–water partition coefficient (Wildman–Crippen LogP) is 3.36. The maximum absolute atomic E-state index is 12.6. The molecule has 0 bridgehead atoms. The van der Waals surface area contributed by atoms with E-state index in [0.29, 0.717) is 18.3 Å². The summed E-state index contributed by atoms with van der Waals surface area (Å²) in [5, 5.41) is 6.67. The van der Waals surface area contributed by atoms with Crippen molar-refractivity contribution in [3.63, 3.8) is 0 Å². The molecule has 1 aromatic carbocycles. The van der Waals surface area contributed by atoms with Crippen molar-refractivity contribution in [3.05, 3.63) is 35.4 Å². The second-order valence-corrected chi connectivity index (χ2v) is 7.79. The Morgan fingerprint density at radius 3 is 2.68 bits per heavy atom. The van der Waals surface area contributed by atoms with Gasteiger partial charge in [0.25, 0.3) is 0 Å². The first-order valence-electron chi connectivity index (χ1n) is 9.81. The summed E-state index contributed by atoms with van der Waals surface area (Å²) < 4.78 is 6.02. The Hall–Kier alpha value is -1.39. The van der Waals surface area contributed by atoms with E-state index in [9.17, 15) is 4.79 Å². The number of aryl methyl sites for hydroxylation is 1. The van der Waals surface area contributed by atoms with Crippen molar-refractivity contribution in [3.8, 4) is 0 Å². The molecule has 2 aliphatic rings. The molecule has 0 spiro atoms. The number of carbonyl (C=O) groups is 1. The van der Waals surface area contributed by atoms with Crippen LogP contribution in [0.15, 0.2) is 24.3 Å². The Bertz CT molecular complexity index is 552. The Kier molecular flexibility index (Phi) is 6.49. The number of rotatable bonds is 5. The van der Waals surface area contributed by atoms with Crippen LogP contribution in [0, 0.1) is 18.8 Å². The largest absolute Gasteiger partial charge is 0.371 e. The maximum Gasteiger partial charge on any atom is 0.220 e. The first-order chi connectivity index (χ1) is 12.1. The van der Waals surface area contributed by atoms with Crippen LogP contribution in [0.4, 0.5) is 0 Å². The number of benzene rings is 1. The quantitative estimate of drug-likeness (QED) is 0.861. The number of hydrogen-bond donors (Lipinski definition) is 2. The van der Waals surface area contributed by atoms with Crippen molar-refractivity contribution >= 4 is 5.91 Å². The van der Waals surface area contributed by atoms with Gasteiger partial charge in [-0.05, 0) is 63.1 Å². The van der Waals surface area contributed by atoms with E-state index in [-0.39, 0.29) is 18.1 Å². The molecule has 2 fully saturated rings. The standard InChI is InChI=1S/C21H32N2O2/c1-15-5-7-18(8-6-15)21-19(4-3-13-25-21)23-20(24)14-16(2)17-9-11-22-12-10-17/h5-8,16-17,19,21-22H,3-4,9-14H2,1-2H3,(H,23,24). The lowest BCUT2D eigenvalue weighted by Gasteiger charge is -2.33. The summed E-state index contributed by atoms with van der Waals surface area (Å²) in [5.41, 5.74) is 2.41. The topological polar surface area (TPSA) is 50.4 Å². The lowest BCUT2D eigenvalue weighted by Crippen LogP contribution is -2.43. The Balaban J connectivity index is 1.57. The van der Waals surface area contributed by atoms with Crippen molar-refractivity contribution in [1.82, 2.24) is 10.6 Å². The molecule has 1 aromatic rings. The summed E-state index contributed by atoms with van der Waals surface area (Å²) in [5.74, 6) is 1.30. The zero-order chi connectivity index (χ0) is 17.6. The minimum Gasteiger partial charge on any atom is -0.371 e. The third-order valence-electron chi connectivity index (χ3n) is 5.77. The highest BCUT2D eigenvalue weighted by molar-refractivity contribution is 5.76. The van der Waals surface area contributed by atoms with Crippen LogP contribution in [0.3, 0.4) is 0 Å². The van der Waals surface area contributed by atoms with Crippen LogP contribution in [0.2, 0.25) is 0 Å². The molecule has 0 radical (unpaired) electrons. The summed E-state index contributed by atoms with van der Waals surface area (Å²) in [6, 6.07) is 8.57. The van der Waals surface area contributed by atoms with Gasteiger partial charge in [0.05, 0.1) is 6.04 Å². The third kappa shape index (κ3) is 5.05. The molecule has 3 rings (SSSR count). The van der Waals surface area contributed by atoms with E-state index in [1.165, 1.54) is 24.0 Å². The molecule has 2 saturated heterocycles. The van der Waals surface area contributed by atoms with Crippen LogP contribution in [0.25, 0.3) is 0 Å². The molecule has 0 saturated carbocycles. The van der Waals surface area contributed by atoms with E-state index in [1.54, 1.807) is 0 Å². The van der Waals surface area contributed by atoms with Crippen LogP contribution in [-0.4, -0.2) is 31.6 Å². The lowest BCUT2D eigenvalue weighted by atomic mass is 9.84. The van der Waals surface area contributed by atoms with Gasteiger partial charge in [0, 0.05) is 13.0 Å². The highest BCUT2D eigenvalue weighted by Crippen LogP contribution is 2.29. The molecule has 2 N–H and O–H groups in total. The van der Waals surface area contributed by atoms with Gasteiger partial charge in [-0.2, -0.15) is 0 Å². The molecule has 4 heteroatoms. The van der Waals surface area contributed by atoms with Gasteiger partial charge in [0.15, 0.2) is 0 Å². The Labute approximate surface area is 151 Å². The second kappa shape index (κ2) is 8.81. The molecule has 1 amide bonds. The van der Waals surface area contributed by atoms with Gasteiger partial charge < -0.3 is 15.4 Å². The lowest BCUT2D eigenvalue weighted by molar-refractivity contribution is -0.125. The van der Waals surface area contributed by atoms with E-state index in [4.69, 9.17) is 4.74 Å².